The van der Waals surface area contributed by atoms with E-state index in [-0.39, 0.29) is 43.6 Å². The zero-order valence-electron chi connectivity index (χ0n) is 19.0. The molecule has 1 aliphatic carbocycles. The van der Waals surface area contributed by atoms with Crippen molar-refractivity contribution in [2.24, 2.45) is 0 Å². The minimum atomic E-state index is -3.45. The van der Waals surface area contributed by atoms with Crippen LogP contribution in [0.4, 0.5) is 9.18 Å². The summed E-state index contributed by atoms with van der Waals surface area (Å²) in [4.78, 5) is 18.3. The molecule has 1 aromatic rings. The van der Waals surface area contributed by atoms with E-state index in [1.807, 2.05) is 6.92 Å². The number of aromatic nitrogens is 1. The lowest BCUT2D eigenvalue weighted by Crippen LogP contribution is -2.50. The number of rotatable bonds is 2. The van der Waals surface area contributed by atoms with Gasteiger partial charge in [0.2, 0.25) is 10.0 Å². The van der Waals surface area contributed by atoms with Crippen molar-refractivity contribution < 1.29 is 31.8 Å². The Balaban J connectivity index is 1.53. The third kappa shape index (κ3) is 5.93. The molecule has 1 amide bonds. The number of nitrogens with zero attached hydrogens (tertiary/aromatic N) is 2. The number of sulfonamides is 1. The van der Waals surface area contributed by atoms with Gasteiger partial charge < -0.3 is 14.2 Å². The molecule has 9 nitrogen and oxygen atoms in total. The van der Waals surface area contributed by atoms with Crippen LogP contribution in [-0.2, 0) is 19.5 Å². The second-order valence-electron chi connectivity index (χ2n) is 9.24. The van der Waals surface area contributed by atoms with Gasteiger partial charge in [-0.2, -0.15) is 4.39 Å². The Hall–Kier alpha value is -1.98. The highest BCUT2D eigenvalue weighted by molar-refractivity contribution is 7.88. The average Bonchev–Trinajstić information content (AvgIpc) is 3.06. The molecule has 0 aromatic carbocycles. The maximum absolute atomic E-state index is 14.1. The van der Waals surface area contributed by atoms with Crippen LogP contribution in [0.5, 0.6) is 5.75 Å². The second-order valence-corrected chi connectivity index (χ2v) is 11.0. The van der Waals surface area contributed by atoms with Crippen LogP contribution in [0.1, 0.15) is 56.9 Å². The normalized spacial score (nSPS) is 31.4. The maximum atomic E-state index is 14.1. The van der Waals surface area contributed by atoms with Crippen LogP contribution in [-0.4, -0.2) is 74.7 Å². The number of pyridine rings is 1. The smallest absolute Gasteiger partial charge is 0.410 e. The largest absolute Gasteiger partial charge is 0.489 e. The summed E-state index contributed by atoms with van der Waals surface area (Å²) in [6, 6.07) is 0.610. The van der Waals surface area contributed by atoms with Gasteiger partial charge in [-0.05, 0) is 56.6 Å². The van der Waals surface area contributed by atoms with E-state index in [1.54, 1.807) is 17.2 Å². The van der Waals surface area contributed by atoms with Crippen LogP contribution in [0.15, 0.2) is 12.3 Å². The Bertz CT molecular complexity index is 953. The first-order valence-corrected chi connectivity index (χ1v) is 13.4. The average molecular weight is 486 g/mol. The molecule has 3 atom stereocenters. The molecule has 1 N–H and O–H groups in total. The Labute approximate surface area is 194 Å². The molecule has 11 heteroatoms. The number of carbonyl (C=O) groups excluding carboxylic acids is 1. The summed E-state index contributed by atoms with van der Waals surface area (Å²) >= 11 is 0. The van der Waals surface area contributed by atoms with Crippen molar-refractivity contribution in [1.29, 1.82) is 0 Å². The number of amides is 1. The number of hydrogen-bond acceptors (Lipinski definition) is 7. The van der Waals surface area contributed by atoms with E-state index >= 15 is 0 Å². The molecule has 184 valence electrons. The van der Waals surface area contributed by atoms with E-state index in [0.717, 1.165) is 37.5 Å². The molecular weight excluding hydrogens is 453 g/mol. The van der Waals surface area contributed by atoms with E-state index in [4.69, 9.17) is 14.2 Å². The fourth-order valence-corrected chi connectivity index (χ4v) is 5.92. The zero-order chi connectivity index (χ0) is 23.6. The van der Waals surface area contributed by atoms with Crippen molar-refractivity contribution in [3.05, 3.63) is 23.8 Å². The first kappa shape index (κ1) is 24.2. The fourth-order valence-electron chi connectivity index (χ4n) is 5.11. The van der Waals surface area contributed by atoms with Crippen LogP contribution in [0.3, 0.4) is 0 Å². The monoisotopic (exact) mass is 485 g/mol. The number of carbonyl (C=O) groups is 1. The van der Waals surface area contributed by atoms with Gasteiger partial charge in [0.1, 0.15) is 0 Å². The van der Waals surface area contributed by atoms with Gasteiger partial charge in [-0.3, -0.25) is 4.90 Å². The van der Waals surface area contributed by atoms with Gasteiger partial charge in [0.25, 0.3) is 5.95 Å². The molecule has 3 aliphatic heterocycles. The lowest BCUT2D eigenvalue weighted by Gasteiger charge is -2.33. The Morgan fingerprint density at radius 1 is 1.18 bits per heavy atom. The minimum Gasteiger partial charge on any atom is -0.489 e. The van der Waals surface area contributed by atoms with Crippen molar-refractivity contribution in [2.45, 2.75) is 75.6 Å². The van der Waals surface area contributed by atoms with Gasteiger partial charge in [-0.1, -0.05) is 0 Å². The van der Waals surface area contributed by atoms with Gasteiger partial charge in [0, 0.05) is 24.7 Å². The lowest BCUT2D eigenvalue weighted by molar-refractivity contribution is -0.0106. The lowest BCUT2D eigenvalue weighted by atomic mass is 9.83. The molecule has 1 saturated carbocycles. The van der Waals surface area contributed by atoms with E-state index < -0.39 is 34.1 Å². The molecule has 5 rings (SSSR count). The predicted octanol–water partition coefficient (Wildman–Crippen LogP) is 2.56. The van der Waals surface area contributed by atoms with Crippen molar-refractivity contribution in [2.75, 3.05) is 26.1 Å². The summed E-state index contributed by atoms with van der Waals surface area (Å²) in [7, 11) is -3.45. The SMILES string of the molecule is C[C@@H]1C[C@H](NS(C)(=O)=O)C2COC3CCC(CC3)c3cnc(F)c(c3)OCCCOC(=O)N21. The molecule has 4 heterocycles. The minimum absolute atomic E-state index is 0.00808. The molecular formula is C22H32FN3O6S. The summed E-state index contributed by atoms with van der Waals surface area (Å²) in [6.45, 7) is 2.38. The molecule has 1 aromatic heterocycles. The van der Waals surface area contributed by atoms with E-state index in [9.17, 15) is 17.6 Å². The summed E-state index contributed by atoms with van der Waals surface area (Å²) in [5, 5.41) is 0. The number of fused-ring (bicyclic) bond motifs is 8. The third-order valence-corrected chi connectivity index (χ3v) is 7.45. The molecule has 4 bridgehead atoms. The molecule has 33 heavy (non-hydrogen) atoms. The summed E-state index contributed by atoms with van der Waals surface area (Å²) in [6.07, 6.45) is 6.41. The number of halogens is 1. The first-order chi connectivity index (χ1) is 15.7. The van der Waals surface area contributed by atoms with E-state index in [1.165, 1.54) is 0 Å². The van der Waals surface area contributed by atoms with Crippen molar-refractivity contribution in [3.63, 3.8) is 0 Å². The molecule has 0 radical (unpaired) electrons. The molecule has 0 spiro atoms. The summed E-state index contributed by atoms with van der Waals surface area (Å²) < 4.78 is 57.8. The standard InChI is InChI=1S/C22H32FN3O6S/c1-14-10-18(25-33(2,28)29)19-13-32-17-6-4-15(5-7-17)16-11-20(21(23)24-12-16)30-8-3-9-31-22(27)26(14)19/h11-12,14-15,17-19,25H,3-10,13H2,1-2H3/t14-,15?,17?,18+,19?/m1/s1. The quantitative estimate of drug-likeness (QED) is 0.642. The van der Waals surface area contributed by atoms with Gasteiger partial charge in [-0.15, -0.1) is 0 Å². The topological polar surface area (TPSA) is 107 Å². The van der Waals surface area contributed by atoms with Crippen LogP contribution >= 0.6 is 0 Å². The number of nitrogens with one attached hydrogen (secondary N) is 1. The van der Waals surface area contributed by atoms with E-state index in [2.05, 4.69) is 9.71 Å². The summed E-state index contributed by atoms with van der Waals surface area (Å²) in [5.41, 5.74) is 0.953. The molecule has 1 unspecified atom stereocenters. The Morgan fingerprint density at radius 2 is 1.91 bits per heavy atom. The summed E-state index contributed by atoms with van der Waals surface area (Å²) in [5.74, 6) is -0.281. The van der Waals surface area contributed by atoms with Crippen molar-refractivity contribution >= 4 is 16.1 Å². The highest BCUT2D eigenvalue weighted by Gasteiger charge is 2.44. The van der Waals surface area contributed by atoms with Crippen LogP contribution < -0.4 is 9.46 Å². The van der Waals surface area contributed by atoms with Gasteiger partial charge >= 0.3 is 6.09 Å². The maximum Gasteiger partial charge on any atom is 0.410 e. The van der Waals surface area contributed by atoms with Crippen molar-refractivity contribution in [1.82, 2.24) is 14.6 Å². The third-order valence-electron chi connectivity index (χ3n) is 6.72. The second kappa shape index (κ2) is 10.1. The molecule has 4 aliphatic rings. The van der Waals surface area contributed by atoms with Crippen LogP contribution in [0.2, 0.25) is 0 Å². The Morgan fingerprint density at radius 3 is 2.64 bits per heavy atom. The Kier molecular flexibility index (Phi) is 7.40. The fraction of sp³-hybridized carbons (Fsp3) is 0.727. The highest BCUT2D eigenvalue weighted by atomic mass is 32.2. The van der Waals surface area contributed by atoms with Gasteiger partial charge in [0.15, 0.2) is 5.75 Å². The van der Waals surface area contributed by atoms with E-state index in [0.29, 0.717) is 12.8 Å². The van der Waals surface area contributed by atoms with Gasteiger partial charge in [-0.25, -0.2) is 22.9 Å². The van der Waals surface area contributed by atoms with Crippen LogP contribution in [0, 0.1) is 5.95 Å². The predicted molar refractivity (Wildman–Crippen MR) is 118 cm³/mol. The highest BCUT2D eigenvalue weighted by Crippen LogP contribution is 2.36. The van der Waals surface area contributed by atoms with Crippen molar-refractivity contribution in [3.8, 4) is 5.75 Å². The number of ether oxygens (including phenoxy) is 3. The molecule has 1 saturated heterocycles. The molecule has 2 fully saturated rings. The first-order valence-electron chi connectivity index (χ1n) is 11.5. The number of hydrogen-bond donors (Lipinski definition) is 1. The van der Waals surface area contributed by atoms with Crippen LogP contribution in [0.25, 0.3) is 0 Å². The van der Waals surface area contributed by atoms with Gasteiger partial charge in [0.05, 0.1) is 38.2 Å². The zero-order valence-corrected chi connectivity index (χ0v) is 19.9.